The summed E-state index contributed by atoms with van der Waals surface area (Å²) in [5.74, 6) is -0.547. The summed E-state index contributed by atoms with van der Waals surface area (Å²) in [6.45, 7) is 4.87. The second-order valence-electron chi connectivity index (χ2n) is 10.6. The number of halogens is 4. The van der Waals surface area contributed by atoms with E-state index in [4.69, 9.17) is 65.5 Å². The highest BCUT2D eigenvalue weighted by molar-refractivity contribution is 6.66. The van der Waals surface area contributed by atoms with E-state index in [1.54, 1.807) is 57.3 Å². The molecule has 0 unspecified atom stereocenters. The van der Waals surface area contributed by atoms with Gasteiger partial charge in [-0.15, -0.1) is 0 Å². The molecule has 1 aliphatic rings. The molecule has 1 fully saturated rings. The number of ether oxygens (including phenoxy) is 3. The molecule has 14 heteroatoms. The number of amides is 2. The maximum absolute atomic E-state index is 13.6. The summed E-state index contributed by atoms with van der Waals surface area (Å²) in [5.41, 5.74) is 0.252. The number of benzene rings is 2. The van der Waals surface area contributed by atoms with Crippen LogP contribution in [0.4, 0.5) is 9.59 Å². The van der Waals surface area contributed by atoms with Crippen LogP contribution in [-0.4, -0.2) is 61.3 Å². The summed E-state index contributed by atoms with van der Waals surface area (Å²) in [6.07, 6.45) is -0.0638. The van der Waals surface area contributed by atoms with Crippen molar-refractivity contribution in [3.63, 3.8) is 0 Å². The average molecular weight is 673 g/mol. The molecule has 2 aromatic carbocycles. The lowest BCUT2D eigenvalue weighted by Gasteiger charge is -2.41. The Morgan fingerprint density at radius 3 is 2.37 bits per heavy atom. The number of alkyl halides is 3. The van der Waals surface area contributed by atoms with Gasteiger partial charge in [-0.05, 0) is 98.2 Å². The van der Waals surface area contributed by atoms with Gasteiger partial charge in [-0.1, -0.05) is 41.9 Å². The molecule has 0 spiro atoms. The number of fused-ring (bicyclic) bond motifs is 1. The number of likely N-dealkylation sites (tertiary alicyclic amines) is 1. The number of esters is 1. The quantitative estimate of drug-likeness (QED) is 0.115. The molecule has 10 nitrogen and oxygen atoms in total. The molecule has 0 aliphatic carbocycles. The standard InChI is InChI=1S/C29H29Cl4N3O7/c1-28(2,3)42-26(38)35-16-19(36(27(39)43-29(31,32)33)40-17-18-8-5-4-6-9-18)11-13-22(35)25(37)41-23-14-12-21(30)20-10-7-15-34-24(20)23/h4-10,12,14-15,19,22H,11,13,16-17H2,1-3H3/t19-,22+/m1/s1. The molecule has 2 atom stereocenters. The Labute approximate surface area is 268 Å². The zero-order chi connectivity index (χ0) is 31.4. The van der Waals surface area contributed by atoms with Crippen molar-refractivity contribution in [3.05, 3.63) is 71.4 Å². The molecule has 230 valence electrons. The van der Waals surface area contributed by atoms with Gasteiger partial charge in [-0.3, -0.25) is 14.7 Å². The number of hydrogen-bond acceptors (Lipinski definition) is 8. The van der Waals surface area contributed by atoms with Crippen LogP contribution in [0.2, 0.25) is 5.02 Å². The normalized spacial score (nSPS) is 17.3. The van der Waals surface area contributed by atoms with Crippen molar-refractivity contribution in [2.45, 2.75) is 61.9 Å². The van der Waals surface area contributed by atoms with Gasteiger partial charge in [-0.25, -0.2) is 14.4 Å². The molecule has 1 saturated heterocycles. The Hall–Kier alpha value is -3.02. The van der Waals surface area contributed by atoms with Gasteiger partial charge in [0, 0.05) is 18.1 Å². The highest BCUT2D eigenvalue weighted by Gasteiger charge is 2.44. The maximum atomic E-state index is 13.6. The highest BCUT2D eigenvalue weighted by Crippen LogP contribution is 2.33. The number of pyridine rings is 1. The summed E-state index contributed by atoms with van der Waals surface area (Å²) in [6, 6.07) is 13.8. The van der Waals surface area contributed by atoms with E-state index in [0.717, 1.165) is 10.6 Å². The Morgan fingerprint density at radius 2 is 1.70 bits per heavy atom. The van der Waals surface area contributed by atoms with E-state index in [0.29, 0.717) is 15.9 Å². The van der Waals surface area contributed by atoms with Crippen LogP contribution in [0.3, 0.4) is 0 Å². The first-order valence-electron chi connectivity index (χ1n) is 13.2. The van der Waals surface area contributed by atoms with E-state index in [1.165, 1.54) is 11.0 Å². The predicted octanol–water partition coefficient (Wildman–Crippen LogP) is 7.46. The summed E-state index contributed by atoms with van der Waals surface area (Å²) >= 11 is 23.4. The zero-order valence-electron chi connectivity index (χ0n) is 23.5. The first-order chi connectivity index (χ1) is 20.2. The van der Waals surface area contributed by atoms with Gasteiger partial charge in [0.2, 0.25) is 0 Å². The van der Waals surface area contributed by atoms with Crippen LogP contribution in [-0.2, 0) is 25.7 Å². The second-order valence-corrected chi connectivity index (χ2v) is 13.2. The third-order valence-corrected chi connectivity index (χ3v) is 6.84. The fourth-order valence-corrected chi connectivity index (χ4v) is 4.86. The molecule has 3 aromatic rings. The summed E-state index contributed by atoms with van der Waals surface area (Å²) in [5, 5.41) is 1.95. The minimum atomic E-state index is -2.37. The van der Waals surface area contributed by atoms with Crippen LogP contribution in [0.25, 0.3) is 10.9 Å². The van der Waals surface area contributed by atoms with Gasteiger partial charge in [-0.2, -0.15) is 5.06 Å². The smallest absolute Gasteiger partial charge is 0.437 e. The van der Waals surface area contributed by atoms with Crippen LogP contribution in [0.15, 0.2) is 60.8 Å². The van der Waals surface area contributed by atoms with Crippen molar-refractivity contribution < 1.29 is 33.4 Å². The molecule has 0 saturated carbocycles. The number of nitrogens with zero attached hydrogens (tertiary/aromatic N) is 3. The summed E-state index contributed by atoms with van der Waals surface area (Å²) in [4.78, 5) is 51.4. The molecule has 43 heavy (non-hydrogen) atoms. The van der Waals surface area contributed by atoms with Crippen molar-refractivity contribution in [1.29, 1.82) is 0 Å². The Balaban J connectivity index is 1.60. The van der Waals surface area contributed by atoms with Crippen molar-refractivity contribution in [3.8, 4) is 5.75 Å². The molecule has 4 rings (SSSR count). The van der Waals surface area contributed by atoms with Crippen LogP contribution >= 0.6 is 46.4 Å². The van der Waals surface area contributed by atoms with E-state index < -0.39 is 39.8 Å². The predicted molar refractivity (Wildman–Crippen MR) is 162 cm³/mol. The number of hydroxylamine groups is 2. The maximum Gasteiger partial charge on any atom is 0.437 e. The van der Waals surface area contributed by atoms with Crippen LogP contribution in [0, 0.1) is 0 Å². The molecular formula is C29H29Cl4N3O7. The van der Waals surface area contributed by atoms with Gasteiger partial charge < -0.3 is 14.2 Å². The number of carbonyl (C=O) groups is 3. The van der Waals surface area contributed by atoms with Crippen LogP contribution < -0.4 is 4.74 Å². The first kappa shape index (κ1) is 32.9. The fourth-order valence-electron chi connectivity index (χ4n) is 4.45. The number of hydrogen-bond donors (Lipinski definition) is 0. The summed E-state index contributed by atoms with van der Waals surface area (Å²) < 4.78 is 13.9. The lowest BCUT2D eigenvalue weighted by Crippen LogP contribution is -2.58. The fraction of sp³-hybridized carbons (Fsp3) is 0.379. The van der Waals surface area contributed by atoms with Gasteiger partial charge in [0.25, 0.3) is 0 Å². The second kappa shape index (κ2) is 13.7. The first-order valence-corrected chi connectivity index (χ1v) is 14.7. The molecule has 1 aromatic heterocycles. The zero-order valence-corrected chi connectivity index (χ0v) is 26.5. The third-order valence-electron chi connectivity index (χ3n) is 6.27. The summed E-state index contributed by atoms with van der Waals surface area (Å²) in [7, 11) is 0. The van der Waals surface area contributed by atoms with E-state index >= 15 is 0 Å². The van der Waals surface area contributed by atoms with E-state index in [1.807, 2.05) is 18.2 Å². The van der Waals surface area contributed by atoms with E-state index in [2.05, 4.69) is 4.98 Å². The molecule has 0 radical (unpaired) electrons. The van der Waals surface area contributed by atoms with Crippen molar-refractivity contribution in [1.82, 2.24) is 14.9 Å². The monoisotopic (exact) mass is 671 g/mol. The van der Waals surface area contributed by atoms with Crippen LogP contribution in [0.5, 0.6) is 5.75 Å². The van der Waals surface area contributed by atoms with Crippen molar-refractivity contribution in [2.24, 2.45) is 0 Å². The molecule has 1 aliphatic heterocycles. The Kier molecular flexibility index (Phi) is 10.5. The van der Waals surface area contributed by atoms with Gasteiger partial charge in [0.05, 0.1) is 11.1 Å². The van der Waals surface area contributed by atoms with Crippen molar-refractivity contribution in [2.75, 3.05) is 6.54 Å². The largest absolute Gasteiger partial charge is 0.444 e. The third kappa shape index (κ3) is 9.00. The number of piperidine rings is 1. The molecule has 0 bridgehead atoms. The van der Waals surface area contributed by atoms with Gasteiger partial charge >= 0.3 is 22.1 Å². The van der Waals surface area contributed by atoms with E-state index in [-0.39, 0.29) is 31.7 Å². The molecule has 0 N–H and O–H groups in total. The number of carbonyl (C=O) groups excluding carboxylic acids is 3. The minimum Gasteiger partial charge on any atom is -0.444 e. The molecule has 2 heterocycles. The highest BCUT2D eigenvalue weighted by atomic mass is 35.6. The van der Waals surface area contributed by atoms with Gasteiger partial charge in [0.1, 0.15) is 23.8 Å². The Morgan fingerprint density at radius 1 is 0.977 bits per heavy atom. The number of rotatable bonds is 6. The van der Waals surface area contributed by atoms with E-state index in [9.17, 15) is 14.4 Å². The lowest BCUT2D eigenvalue weighted by atomic mass is 9.98. The average Bonchev–Trinajstić information content (AvgIpc) is 2.93. The van der Waals surface area contributed by atoms with Crippen molar-refractivity contribution >= 4 is 75.5 Å². The van der Waals surface area contributed by atoms with Gasteiger partial charge in [0.15, 0.2) is 5.75 Å². The lowest BCUT2D eigenvalue weighted by molar-refractivity contribution is -0.184. The number of aromatic nitrogens is 1. The SMILES string of the molecule is CC(C)(C)OC(=O)N1C[C@H](N(OCc2ccccc2)C(=O)OC(Cl)(Cl)Cl)CC[C@H]1C(=O)Oc1ccc(Cl)c2cccnc12. The topological polar surface area (TPSA) is 108 Å². The minimum absolute atomic E-state index is 0.0269. The van der Waals surface area contributed by atoms with Crippen LogP contribution in [0.1, 0.15) is 39.2 Å². The molecule has 2 amide bonds. The Bertz CT molecular complexity index is 1460. The molecular weight excluding hydrogens is 644 g/mol.